The van der Waals surface area contributed by atoms with E-state index in [-0.39, 0.29) is 4.90 Å². The SMILES string of the molecule is CNS(=O)(=O)c1ccc(NC(=S)NCCc2ccc(OC)c(OC)c2)cc1. The monoisotopic (exact) mass is 409 g/mol. The van der Waals surface area contributed by atoms with Crippen molar-refractivity contribution in [2.75, 3.05) is 33.1 Å². The zero-order valence-electron chi connectivity index (χ0n) is 15.4. The van der Waals surface area contributed by atoms with Crippen LogP contribution in [0.1, 0.15) is 5.56 Å². The number of hydrogen-bond donors (Lipinski definition) is 3. The first-order valence-corrected chi connectivity index (χ1v) is 10.1. The molecule has 9 heteroatoms. The molecule has 0 aliphatic rings. The highest BCUT2D eigenvalue weighted by molar-refractivity contribution is 7.89. The molecule has 27 heavy (non-hydrogen) atoms. The van der Waals surface area contributed by atoms with Gasteiger partial charge in [0.05, 0.1) is 19.1 Å². The first kappa shape index (κ1) is 20.9. The van der Waals surface area contributed by atoms with Gasteiger partial charge in [0.2, 0.25) is 10.0 Å². The van der Waals surface area contributed by atoms with E-state index in [9.17, 15) is 8.42 Å². The number of nitrogens with one attached hydrogen (secondary N) is 3. The van der Waals surface area contributed by atoms with Crippen LogP contribution in [0.3, 0.4) is 0 Å². The van der Waals surface area contributed by atoms with E-state index in [2.05, 4.69) is 15.4 Å². The Bertz CT molecular complexity index is 884. The van der Waals surface area contributed by atoms with Gasteiger partial charge in [-0.1, -0.05) is 6.07 Å². The zero-order valence-corrected chi connectivity index (χ0v) is 17.0. The third-order valence-electron chi connectivity index (χ3n) is 3.84. The molecule has 3 N–H and O–H groups in total. The Morgan fingerprint density at radius 1 is 1.04 bits per heavy atom. The Labute approximate surface area is 165 Å². The number of rotatable bonds is 8. The first-order chi connectivity index (χ1) is 12.9. The van der Waals surface area contributed by atoms with Gasteiger partial charge in [0.25, 0.3) is 0 Å². The lowest BCUT2D eigenvalue weighted by Gasteiger charge is -2.12. The summed E-state index contributed by atoms with van der Waals surface area (Å²) in [6.07, 6.45) is 0.752. The minimum atomic E-state index is -3.44. The van der Waals surface area contributed by atoms with Gasteiger partial charge in [0.1, 0.15) is 0 Å². The number of thiocarbonyl (C=S) groups is 1. The molecule has 0 atom stereocenters. The molecule has 0 radical (unpaired) electrons. The van der Waals surface area contributed by atoms with Crippen molar-refractivity contribution in [3.63, 3.8) is 0 Å². The van der Waals surface area contributed by atoms with E-state index >= 15 is 0 Å². The van der Waals surface area contributed by atoms with E-state index in [0.717, 1.165) is 12.0 Å². The van der Waals surface area contributed by atoms with Gasteiger partial charge in [-0.05, 0) is 67.6 Å². The topological polar surface area (TPSA) is 88.7 Å². The largest absolute Gasteiger partial charge is 0.493 e. The van der Waals surface area contributed by atoms with Gasteiger partial charge in [-0.15, -0.1) is 0 Å². The summed E-state index contributed by atoms with van der Waals surface area (Å²) in [4.78, 5) is 0.197. The summed E-state index contributed by atoms with van der Waals surface area (Å²) in [5.74, 6) is 1.38. The molecule has 0 amide bonds. The standard InChI is InChI=1S/C18H23N3O4S2/c1-19-27(22,23)15-7-5-14(6-8-15)21-18(26)20-11-10-13-4-9-16(24-2)17(12-13)25-3/h4-9,12,19H,10-11H2,1-3H3,(H2,20,21,26). The van der Waals surface area contributed by atoms with Crippen LogP contribution in [0, 0.1) is 0 Å². The average Bonchev–Trinajstić information content (AvgIpc) is 2.68. The molecule has 0 aliphatic carbocycles. The van der Waals surface area contributed by atoms with Crippen LogP contribution in [0.4, 0.5) is 5.69 Å². The number of sulfonamides is 1. The van der Waals surface area contributed by atoms with Crippen LogP contribution in [0.2, 0.25) is 0 Å². The van der Waals surface area contributed by atoms with Gasteiger partial charge in [-0.3, -0.25) is 0 Å². The summed E-state index contributed by atoms with van der Waals surface area (Å²) in [6, 6.07) is 12.1. The Balaban J connectivity index is 1.86. The molecular formula is C18H23N3O4S2. The van der Waals surface area contributed by atoms with Crippen LogP contribution in [0.25, 0.3) is 0 Å². The Hall–Kier alpha value is -2.36. The minimum Gasteiger partial charge on any atom is -0.493 e. The first-order valence-electron chi connectivity index (χ1n) is 8.19. The maximum absolute atomic E-state index is 11.7. The highest BCUT2D eigenvalue weighted by Gasteiger charge is 2.10. The second-order valence-corrected chi connectivity index (χ2v) is 7.85. The Morgan fingerprint density at radius 2 is 1.70 bits per heavy atom. The van der Waals surface area contributed by atoms with Crippen LogP contribution in [-0.4, -0.2) is 41.3 Å². The molecule has 2 aromatic carbocycles. The third kappa shape index (κ3) is 5.81. The molecule has 0 saturated heterocycles. The maximum Gasteiger partial charge on any atom is 0.240 e. The van der Waals surface area contributed by atoms with E-state index in [0.29, 0.717) is 28.8 Å². The lowest BCUT2D eigenvalue weighted by molar-refractivity contribution is 0.354. The van der Waals surface area contributed by atoms with Gasteiger partial charge in [0, 0.05) is 12.2 Å². The quantitative estimate of drug-likeness (QED) is 0.576. The molecule has 146 valence electrons. The Morgan fingerprint density at radius 3 is 2.30 bits per heavy atom. The van der Waals surface area contributed by atoms with Crippen molar-refractivity contribution < 1.29 is 17.9 Å². The number of hydrogen-bond acceptors (Lipinski definition) is 5. The highest BCUT2D eigenvalue weighted by Crippen LogP contribution is 2.27. The van der Waals surface area contributed by atoms with Gasteiger partial charge >= 0.3 is 0 Å². The van der Waals surface area contributed by atoms with Crippen molar-refractivity contribution in [2.24, 2.45) is 0 Å². The smallest absolute Gasteiger partial charge is 0.240 e. The fourth-order valence-corrected chi connectivity index (χ4v) is 3.32. The number of methoxy groups -OCH3 is 2. The second-order valence-electron chi connectivity index (χ2n) is 5.55. The fourth-order valence-electron chi connectivity index (χ4n) is 2.37. The van der Waals surface area contributed by atoms with Crippen molar-refractivity contribution in [3.8, 4) is 11.5 Å². The lowest BCUT2D eigenvalue weighted by atomic mass is 10.1. The van der Waals surface area contributed by atoms with Crippen LogP contribution < -0.4 is 24.8 Å². The molecule has 2 aromatic rings. The second kappa shape index (κ2) is 9.54. The van der Waals surface area contributed by atoms with Crippen molar-refractivity contribution in [3.05, 3.63) is 48.0 Å². The van der Waals surface area contributed by atoms with Gasteiger partial charge in [-0.2, -0.15) is 0 Å². The van der Waals surface area contributed by atoms with E-state index in [1.807, 2.05) is 18.2 Å². The summed E-state index contributed by atoms with van der Waals surface area (Å²) in [7, 11) is 1.13. The minimum absolute atomic E-state index is 0.197. The van der Waals surface area contributed by atoms with Crippen molar-refractivity contribution in [1.29, 1.82) is 0 Å². The third-order valence-corrected chi connectivity index (χ3v) is 5.52. The molecular weight excluding hydrogens is 386 g/mol. The molecule has 0 unspecified atom stereocenters. The molecule has 0 spiro atoms. The van der Waals surface area contributed by atoms with E-state index in [1.165, 1.54) is 19.2 Å². The number of benzene rings is 2. The van der Waals surface area contributed by atoms with E-state index in [4.69, 9.17) is 21.7 Å². The van der Waals surface area contributed by atoms with Crippen LogP contribution in [0.15, 0.2) is 47.4 Å². The average molecular weight is 410 g/mol. The zero-order chi connectivity index (χ0) is 19.9. The van der Waals surface area contributed by atoms with Crippen LogP contribution in [-0.2, 0) is 16.4 Å². The van der Waals surface area contributed by atoms with E-state index < -0.39 is 10.0 Å². The predicted molar refractivity (Wildman–Crippen MR) is 110 cm³/mol. The summed E-state index contributed by atoms with van der Waals surface area (Å²) >= 11 is 5.27. The molecule has 0 aromatic heterocycles. The number of ether oxygens (including phenoxy) is 2. The van der Waals surface area contributed by atoms with Crippen LogP contribution >= 0.6 is 12.2 Å². The predicted octanol–water partition coefficient (Wildman–Crippen LogP) is 2.14. The van der Waals surface area contributed by atoms with Gasteiger partial charge < -0.3 is 20.1 Å². The van der Waals surface area contributed by atoms with Crippen LogP contribution in [0.5, 0.6) is 11.5 Å². The molecule has 0 fully saturated rings. The molecule has 7 nitrogen and oxygen atoms in total. The Kier molecular flexibility index (Phi) is 7.40. The van der Waals surface area contributed by atoms with Gasteiger partial charge in [-0.25, -0.2) is 13.1 Å². The number of anilines is 1. The molecule has 0 aliphatic heterocycles. The van der Waals surface area contributed by atoms with Crippen molar-refractivity contribution >= 4 is 33.0 Å². The molecule has 0 heterocycles. The van der Waals surface area contributed by atoms with Crippen molar-refractivity contribution in [2.45, 2.75) is 11.3 Å². The molecule has 2 rings (SSSR count). The van der Waals surface area contributed by atoms with Crippen molar-refractivity contribution in [1.82, 2.24) is 10.0 Å². The summed E-state index contributed by atoms with van der Waals surface area (Å²) in [5.41, 5.74) is 1.79. The normalized spacial score (nSPS) is 10.9. The molecule has 0 bridgehead atoms. The summed E-state index contributed by atoms with van der Waals surface area (Å²) in [6.45, 7) is 0.632. The maximum atomic E-state index is 11.7. The summed E-state index contributed by atoms with van der Waals surface area (Å²) < 4.78 is 36.2. The molecule has 0 saturated carbocycles. The fraction of sp³-hybridized carbons (Fsp3) is 0.278. The highest BCUT2D eigenvalue weighted by atomic mass is 32.2. The van der Waals surface area contributed by atoms with E-state index in [1.54, 1.807) is 26.4 Å². The summed E-state index contributed by atoms with van der Waals surface area (Å²) in [5, 5.41) is 6.60. The van der Waals surface area contributed by atoms with Gasteiger partial charge in [0.15, 0.2) is 16.6 Å². The lowest BCUT2D eigenvalue weighted by Crippen LogP contribution is -2.30.